The first-order chi connectivity index (χ1) is 6.56. The summed E-state index contributed by atoms with van der Waals surface area (Å²) in [4.78, 5) is 22.5. The number of allylic oxidation sites excluding steroid dienone is 1. The van der Waals surface area contributed by atoms with Crippen LogP contribution in [0.3, 0.4) is 0 Å². The molecule has 2 N–H and O–H groups in total. The molecule has 0 fully saturated rings. The zero-order valence-electron chi connectivity index (χ0n) is 8.81. The van der Waals surface area contributed by atoms with Gasteiger partial charge in [0.2, 0.25) is 0 Å². The average Bonchev–Trinajstić information content (AvgIpc) is 2.01. The summed E-state index contributed by atoms with van der Waals surface area (Å²) in [5.74, 6) is 0.0217. The second-order valence-corrected chi connectivity index (χ2v) is 3.53. The third kappa shape index (κ3) is 2.13. The Hall–Kier alpha value is -1.32. The Morgan fingerprint density at radius 3 is 2.64 bits per heavy atom. The van der Waals surface area contributed by atoms with Gasteiger partial charge >= 0.3 is 6.03 Å². The van der Waals surface area contributed by atoms with Gasteiger partial charge in [-0.15, -0.1) is 0 Å². The number of Topliss-reactive ketones (excluding diaryl/α,β-unsaturated/α-hetero) is 1. The van der Waals surface area contributed by atoms with Crippen LogP contribution in [0.2, 0.25) is 0 Å². The molecule has 4 heteroatoms. The molecule has 0 aliphatic carbocycles. The summed E-state index contributed by atoms with van der Waals surface area (Å²) in [5.41, 5.74) is 1.38. The van der Waals surface area contributed by atoms with Crippen molar-refractivity contribution >= 4 is 11.8 Å². The van der Waals surface area contributed by atoms with E-state index in [0.717, 1.165) is 12.8 Å². The highest BCUT2D eigenvalue weighted by Crippen LogP contribution is 2.16. The molecule has 2 amide bonds. The molecule has 0 radical (unpaired) electrons. The number of amides is 2. The average molecular weight is 196 g/mol. The highest BCUT2D eigenvalue weighted by molar-refractivity contribution is 5.98. The van der Waals surface area contributed by atoms with Crippen LogP contribution in [0.5, 0.6) is 0 Å². The number of carbonyl (C=O) groups excluding carboxylic acids is 2. The maximum Gasteiger partial charge on any atom is 0.319 e. The van der Waals surface area contributed by atoms with Gasteiger partial charge in [-0.2, -0.15) is 0 Å². The summed E-state index contributed by atoms with van der Waals surface area (Å²) < 4.78 is 0. The van der Waals surface area contributed by atoms with Gasteiger partial charge in [-0.3, -0.25) is 4.79 Å². The van der Waals surface area contributed by atoms with Crippen LogP contribution in [0.25, 0.3) is 0 Å². The van der Waals surface area contributed by atoms with E-state index in [9.17, 15) is 9.59 Å². The molecular formula is C10H16N2O2. The summed E-state index contributed by atoms with van der Waals surface area (Å²) in [7, 11) is 0. The van der Waals surface area contributed by atoms with Gasteiger partial charge in [-0.1, -0.05) is 13.3 Å². The molecule has 0 unspecified atom stereocenters. The number of rotatable bonds is 3. The fourth-order valence-electron chi connectivity index (χ4n) is 1.78. The number of nitrogens with one attached hydrogen (secondary N) is 2. The molecule has 1 heterocycles. The first-order valence-corrected chi connectivity index (χ1v) is 4.85. The lowest BCUT2D eigenvalue weighted by Gasteiger charge is -2.27. The zero-order chi connectivity index (χ0) is 10.7. The van der Waals surface area contributed by atoms with Crippen molar-refractivity contribution in [1.29, 1.82) is 0 Å². The highest BCUT2D eigenvalue weighted by Gasteiger charge is 2.26. The summed E-state index contributed by atoms with van der Waals surface area (Å²) >= 11 is 0. The van der Waals surface area contributed by atoms with E-state index in [1.807, 2.05) is 6.92 Å². The second kappa shape index (κ2) is 4.26. The van der Waals surface area contributed by atoms with Crippen LogP contribution in [0, 0.1) is 0 Å². The van der Waals surface area contributed by atoms with Crippen LogP contribution in [-0.2, 0) is 4.79 Å². The zero-order valence-corrected chi connectivity index (χ0v) is 8.81. The number of ketones is 1. The summed E-state index contributed by atoms with van der Waals surface area (Å²) in [5, 5.41) is 5.36. The van der Waals surface area contributed by atoms with E-state index in [-0.39, 0.29) is 17.9 Å². The lowest BCUT2D eigenvalue weighted by Crippen LogP contribution is -2.49. The van der Waals surface area contributed by atoms with Gasteiger partial charge < -0.3 is 10.6 Å². The molecule has 0 bridgehead atoms. The molecule has 14 heavy (non-hydrogen) atoms. The van der Waals surface area contributed by atoms with E-state index in [1.54, 1.807) is 6.92 Å². The van der Waals surface area contributed by atoms with Crippen molar-refractivity contribution in [2.45, 2.75) is 39.7 Å². The van der Waals surface area contributed by atoms with E-state index in [0.29, 0.717) is 11.3 Å². The van der Waals surface area contributed by atoms with Crippen molar-refractivity contribution < 1.29 is 9.59 Å². The Kier molecular flexibility index (Phi) is 3.28. The van der Waals surface area contributed by atoms with E-state index < -0.39 is 0 Å². The molecule has 0 aromatic carbocycles. The topological polar surface area (TPSA) is 58.2 Å². The number of carbonyl (C=O) groups is 2. The molecule has 0 spiro atoms. The van der Waals surface area contributed by atoms with Crippen LogP contribution in [0.4, 0.5) is 4.79 Å². The summed E-state index contributed by atoms with van der Waals surface area (Å²) in [6.07, 6.45) is 1.74. The van der Waals surface area contributed by atoms with Crippen molar-refractivity contribution in [3.8, 4) is 0 Å². The molecular weight excluding hydrogens is 180 g/mol. The van der Waals surface area contributed by atoms with Gasteiger partial charge in [0.25, 0.3) is 0 Å². The number of urea groups is 1. The Morgan fingerprint density at radius 1 is 1.50 bits per heavy atom. The fourth-order valence-corrected chi connectivity index (χ4v) is 1.78. The van der Waals surface area contributed by atoms with Crippen LogP contribution in [0.15, 0.2) is 11.3 Å². The summed E-state index contributed by atoms with van der Waals surface area (Å²) in [6.45, 7) is 5.32. The fraction of sp³-hybridized carbons (Fsp3) is 0.600. The van der Waals surface area contributed by atoms with E-state index in [2.05, 4.69) is 10.6 Å². The van der Waals surface area contributed by atoms with Crippen LogP contribution in [0.1, 0.15) is 33.6 Å². The Morgan fingerprint density at radius 2 is 2.14 bits per heavy atom. The van der Waals surface area contributed by atoms with Gasteiger partial charge in [-0.25, -0.2) is 4.79 Å². The van der Waals surface area contributed by atoms with Crippen LogP contribution < -0.4 is 10.6 Å². The SMILES string of the molecule is CCC[C@H]1NC(=O)NC(C)=C1C(C)=O. The molecule has 1 aliphatic heterocycles. The Bertz CT molecular complexity index is 294. The van der Waals surface area contributed by atoms with Crippen molar-refractivity contribution in [2.24, 2.45) is 0 Å². The Balaban J connectivity index is 2.96. The van der Waals surface area contributed by atoms with Crippen molar-refractivity contribution in [3.63, 3.8) is 0 Å². The van der Waals surface area contributed by atoms with Gasteiger partial charge in [0.1, 0.15) is 0 Å². The number of hydrogen-bond donors (Lipinski definition) is 2. The molecule has 0 aromatic heterocycles. The monoisotopic (exact) mass is 196 g/mol. The minimum atomic E-state index is -0.217. The van der Waals surface area contributed by atoms with Gasteiger partial charge in [0, 0.05) is 11.3 Å². The van der Waals surface area contributed by atoms with Crippen molar-refractivity contribution in [2.75, 3.05) is 0 Å². The van der Waals surface area contributed by atoms with E-state index in [1.165, 1.54) is 6.92 Å². The van der Waals surface area contributed by atoms with E-state index in [4.69, 9.17) is 0 Å². The number of hydrogen-bond acceptors (Lipinski definition) is 2. The first kappa shape index (κ1) is 10.8. The predicted octanol–water partition coefficient (Wildman–Crippen LogP) is 1.33. The lowest BCUT2D eigenvalue weighted by atomic mass is 9.96. The first-order valence-electron chi connectivity index (χ1n) is 4.85. The highest BCUT2D eigenvalue weighted by atomic mass is 16.2. The maximum atomic E-state index is 11.4. The van der Waals surface area contributed by atoms with Gasteiger partial charge in [0.15, 0.2) is 5.78 Å². The lowest BCUT2D eigenvalue weighted by molar-refractivity contribution is -0.114. The molecule has 1 rings (SSSR count). The molecule has 0 saturated carbocycles. The molecule has 0 aromatic rings. The quantitative estimate of drug-likeness (QED) is 0.715. The normalized spacial score (nSPS) is 21.6. The maximum absolute atomic E-state index is 11.4. The molecule has 78 valence electrons. The standard InChI is InChI=1S/C10H16N2O2/c1-4-5-8-9(7(3)13)6(2)11-10(14)12-8/h8H,4-5H2,1-3H3,(H2,11,12,14)/t8-/m1/s1. The molecule has 1 aliphatic rings. The minimum Gasteiger partial charge on any atom is -0.331 e. The van der Waals surface area contributed by atoms with Crippen LogP contribution >= 0.6 is 0 Å². The predicted molar refractivity (Wildman–Crippen MR) is 53.7 cm³/mol. The molecule has 4 nitrogen and oxygen atoms in total. The van der Waals surface area contributed by atoms with Crippen molar-refractivity contribution in [1.82, 2.24) is 10.6 Å². The minimum absolute atomic E-state index is 0.0217. The van der Waals surface area contributed by atoms with Crippen molar-refractivity contribution in [3.05, 3.63) is 11.3 Å². The largest absolute Gasteiger partial charge is 0.331 e. The van der Waals surface area contributed by atoms with Gasteiger partial charge in [0.05, 0.1) is 6.04 Å². The smallest absolute Gasteiger partial charge is 0.319 e. The molecule has 0 saturated heterocycles. The van der Waals surface area contributed by atoms with E-state index >= 15 is 0 Å². The third-order valence-electron chi connectivity index (χ3n) is 2.32. The third-order valence-corrected chi connectivity index (χ3v) is 2.32. The van der Waals surface area contributed by atoms with Crippen LogP contribution in [-0.4, -0.2) is 17.9 Å². The Labute approximate surface area is 83.8 Å². The second-order valence-electron chi connectivity index (χ2n) is 3.53. The molecule has 1 atom stereocenters. The van der Waals surface area contributed by atoms with Gasteiger partial charge in [-0.05, 0) is 20.3 Å². The summed E-state index contributed by atoms with van der Waals surface area (Å²) in [6, 6.07) is -0.336.